The molecular weight excluding hydrogens is 140 g/mol. The lowest BCUT2D eigenvalue weighted by atomic mass is 9.70. The first-order chi connectivity index (χ1) is 4.93. The van der Waals surface area contributed by atoms with E-state index in [0.29, 0.717) is 0 Å². The third kappa shape index (κ3) is 1.74. The standard InChI is InChI=1S/C9H18O2/c1-6-4-8(11)9(2,3)5-7(6)10/h6-8,10-11H,4-5H2,1-3H3. The average molecular weight is 158 g/mol. The summed E-state index contributed by atoms with van der Waals surface area (Å²) in [6, 6.07) is 0. The minimum absolute atomic E-state index is 0.105. The Bertz CT molecular complexity index is 142. The van der Waals surface area contributed by atoms with E-state index in [-0.39, 0.29) is 23.5 Å². The van der Waals surface area contributed by atoms with Crippen molar-refractivity contribution in [2.45, 2.75) is 45.8 Å². The fraction of sp³-hybridized carbons (Fsp3) is 1.00. The van der Waals surface area contributed by atoms with Gasteiger partial charge in [-0.25, -0.2) is 0 Å². The maximum atomic E-state index is 9.61. The molecule has 2 nitrogen and oxygen atoms in total. The zero-order valence-electron chi connectivity index (χ0n) is 7.54. The van der Waals surface area contributed by atoms with Crippen molar-refractivity contribution in [3.05, 3.63) is 0 Å². The van der Waals surface area contributed by atoms with Gasteiger partial charge in [0.25, 0.3) is 0 Å². The molecule has 0 radical (unpaired) electrons. The maximum Gasteiger partial charge on any atom is 0.0595 e. The smallest absolute Gasteiger partial charge is 0.0595 e. The molecule has 0 aliphatic heterocycles. The summed E-state index contributed by atoms with van der Waals surface area (Å²) < 4.78 is 0. The van der Waals surface area contributed by atoms with Gasteiger partial charge in [-0.3, -0.25) is 0 Å². The Morgan fingerprint density at radius 2 is 1.82 bits per heavy atom. The van der Waals surface area contributed by atoms with Crippen LogP contribution in [-0.4, -0.2) is 22.4 Å². The molecule has 1 rings (SSSR count). The van der Waals surface area contributed by atoms with Gasteiger partial charge >= 0.3 is 0 Å². The Hall–Kier alpha value is -0.0800. The van der Waals surface area contributed by atoms with Crippen molar-refractivity contribution in [1.29, 1.82) is 0 Å². The Balaban J connectivity index is 2.63. The molecule has 11 heavy (non-hydrogen) atoms. The summed E-state index contributed by atoms with van der Waals surface area (Å²) in [5, 5.41) is 19.1. The van der Waals surface area contributed by atoms with Crippen LogP contribution in [0.25, 0.3) is 0 Å². The maximum absolute atomic E-state index is 9.61. The van der Waals surface area contributed by atoms with E-state index < -0.39 is 0 Å². The van der Waals surface area contributed by atoms with Crippen LogP contribution in [0, 0.1) is 11.3 Å². The van der Waals surface area contributed by atoms with Crippen LogP contribution in [0.5, 0.6) is 0 Å². The first kappa shape index (κ1) is 9.01. The Kier molecular flexibility index (Phi) is 2.26. The van der Waals surface area contributed by atoms with Gasteiger partial charge in [-0.2, -0.15) is 0 Å². The van der Waals surface area contributed by atoms with E-state index in [2.05, 4.69) is 0 Å². The molecule has 1 saturated carbocycles. The van der Waals surface area contributed by atoms with Crippen LogP contribution in [0.15, 0.2) is 0 Å². The number of hydrogen-bond donors (Lipinski definition) is 2. The first-order valence-corrected chi connectivity index (χ1v) is 4.29. The second-order valence-corrected chi connectivity index (χ2v) is 4.49. The van der Waals surface area contributed by atoms with E-state index in [1.807, 2.05) is 20.8 Å². The molecule has 0 aromatic heterocycles. The number of aliphatic hydroxyl groups is 2. The number of hydrogen-bond acceptors (Lipinski definition) is 2. The van der Waals surface area contributed by atoms with Gasteiger partial charge in [0, 0.05) is 0 Å². The molecule has 0 amide bonds. The summed E-state index contributed by atoms with van der Waals surface area (Å²) in [6.07, 6.45) is 0.970. The highest BCUT2D eigenvalue weighted by atomic mass is 16.3. The van der Waals surface area contributed by atoms with Crippen molar-refractivity contribution >= 4 is 0 Å². The van der Waals surface area contributed by atoms with Crippen LogP contribution >= 0.6 is 0 Å². The lowest BCUT2D eigenvalue weighted by molar-refractivity contribution is -0.0667. The molecule has 1 fully saturated rings. The molecule has 2 N–H and O–H groups in total. The molecule has 0 bridgehead atoms. The Labute approximate surface area is 68.2 Å². The zero-order valence-corrected chi connectivity index (χ0v) is 7.54. The van der Waals surface area contributed by atoms with Gasteiger partial charge < -0.3 is 10.2 Å². The first-order valence-electron chi connectivity index (χ1n) is 4.29. The van der Waals surface area contributed by atoms with Crippen molar-refractivity contribution < 1.29 is 10.2 Å². The van der Waals surface area contributed by atoms with Gasteiger partial charge in [0.2, 0.25) is 0 Å². The fourth-order valence-corrected chi connectivity index (χ4v) is 1.70. The van der Waals surface area contributed by atoms with Gasteiger partial charge in [0.15, 0.2) is 0 Å². The van der Waals surface area contributed by atoms with Crippen molar-refractivity contribution in [1.82, 2.24) is 0 Å². The van der Waals surface area contributed by atoms with Crippen LogP contribution in [0.2, 0.25) is 0 Å². The second kappa shape index (κ2) is 2.76. The van der Waals surface area contributed by atoms with Crippen molar-refractivity contribution in [2.75, 3.05) is 0 Å². The van der Waals surface area contributed by atoms with Crippen molar-refractivity contribution in [2.24, 2.45) is 11.3 Å². The van der Waals surface area contributed by atoms with E-state index in [9.17, 15) is 10.2 Å². The molecule has 0 heterocycles. The molecule has 3 atom stereocenters. The van der Waals surface area contributed by atoms with E-state index in [4.69, 9.17) is 0 Å². The number of rotatable bonds is 0. The average Bonchev–Trinajstić information content (AvgIpc) is 1.83. The molecule has 0 saturated heterocycles. The van der Waals surface area contributed by atoms with Crippen LogP contribution < -0.4 is 0 Å². The normalized spacial score (nSPS) is 43.9. The quantitative estimate of drug-likeness (QED) is 0.555. The Morgan fingerprint density at radius 1 is 1.27 bits per heavy atom. The topological polar surface area (TPSA) is 40.5 Å². The molecule has 0 aromatic carbocycles. The zero-order chi connectivity index (χ0) is 8.65. The highest BCUT2D eigenvalue weighted by molar-refractivity contribution is 4.89. The SMILES string of the molecule is CC1CC(O)C(C)(C)CC1O. The van der Waals surface area contributed by atoms with E-state index >= 15 is 0 Å². The minimum Gasteiger partial charge on any atom is -0.393 e. The molecule has 1 aliphatic carbocycles. The summed E-state index contributed by atoms with van der Waals surface area (Å²) in [5.41, 5.74) is -0.105. The summed E-state index contributed by atoms with van der Waals surface area (Å²) in [5.74, 6) is 0.248. The monoisotopic (exact) mass is 158 g/mol. The summed E-state index contributed by atoms with van der Waals surface area (Å²) >= 11 is 0. The van der Waals surface area contributed by atoms with Crippen LogP contribution in [0.1, 0.15) is 33.6 Å². The number of aliphatic hydroxyl groups excluding tert-OH is 2. The molecule has 66 valence electrons. The molecular formula is C9H18O2. The molecule has 3 unspecified atom stereocenters. The van der Waals surface area contributed by atoms with Gasteiger partial charge in [-0.15, -0.1) is 0 Å². The molecule has 1 aliphatic rings. The predicted octanol–water partition coefficient (Wildman–Crippen LogP) is 1.16. The third-order valence-corrected chi connectivity index (χ3v) is 2.89. The molecule has 0 spiro atoms. The van der Waals surface area contributed by atoms with Gasteiger partial charge in [0.1, 0.15) is 0 Å². The van der Waals surface area contributed by atoms with Gasteiger partial charge in [0.05, 0.1) is 12.2 Å². The lowest BCUT2D eigenvalue weighted by Gasteiger charge is -2.41. The van der Waals surface area contributed by atoms with Crippen molar-refractivity contribution in [3.63, 3.8) is 0 Å². The summed E-state index contributed by atoms with van der Waals surface area (Å²) in [7, 11) is 0. The predicted molar refractivity (Wildman–Crippen MR) is 44.2 cm³/mol. The summed E-state index contributed by atoms with van der Waals surface area (Å²) in [6.45, 7) is 6.00. The molecule has 2 heteroatoms. The molecule has 0 aromatic rings. The lowest BCUT2D eigenvalue weighted by Crippen LogP contribution is -2.42. The van der Waals surface area contributed by atoms with E-state index in [1.54, 1.807) is 0 Å². The largest absolute Gasteiger partial charge is 0.393 e. The van der Waals surface area contributed by atoms with Gasteiger partial charge in [-0.1, -0.05) is 20.8 Å². The van der Waals surface area contributed by atoms with Crippen LogP contribution in [-0.2, 0) is 0 Å². The highest BCUT2D eigenvalue weighted by Crippen LogP contribution is 2.38. The highest BCUT2D eigenvalue weighted by Gasteiger charge is 2.38. The second-order valence-electron chi connectivity index (χ2n) is 4.49. The van der Waals surface area contributed by atoms with Crippen LogP contribution in [0.3, 0.4) is 0 Å². The van der Waals surface area contributed by atoms with Crippen LogP contribution in [0.4, 0.5) is 0 Å². The third-order valence-electron chi connectivity index (χ3n) is 2.89. The van der Waals surface area contributed by atoms with E-state index in [1.165, 1.54) is 0 Å². The fourth-order valence-electron chi connectivity index (χ4n) is 1.70. The Morgan fingerprint density at radius 3 is 2.27 bits per heavy atom. The summed E-state index contributed by atoms with van der Waals surface area (Å²) in [4.78, 5) is 0. The van der Waals surface area contributed by atoms with Crippen molar-refractivity contribution in [3.8, 4) is 0 Å². The van der Waals surface area contributed by atoms with E-state index in [0.717, 1.165) is 12.8 Å². The van der Waals surface area contributed by atoms with Gasteiger partial charge in [-0.05, 0) is 24.2 Å². The minimum atomic E-state index is -0.249.